The molecule has 1 aromatic rings. The van der Waals surface area contributed by atoms with Gasteiger partial charge in [0.05, 0.1) is 6.54 Å². The lowest BCUT2D eigenvalue weighted by Crippen LogP contribution is -2.42. The summed E-state index contributed by atoms with van der Waals surface area (Å²) >= 11 is 0. The smallest absolute Gasteiger partial charge is 0.233 e. The van der Waals surface area contributed by atoms with Crippen LogP contribution in [-0.2, 0) is 10.2 Å². The van der Waals surface area contributed by atoms with E-state index in [1.54, 1.807) is 0 Å². The summed E-state index contributed by atoms with van der Waals surface area (Å²) < 4.78 is 0. The van der Waals surface area contributed by atoms with E-state index >= 15 is 0 Å². The fourth-order valence-electron chi connectivity index (χ4n) is 2.11. The molecule has 0 unspecified atom stereocenters. The van der Waals surface area contributed by atoms with Gasteiger partial charge in [-0.1, -0.05) is 52.0 Å². The van der Waals surface area contributed by atoms with Crippen LogP contribution in [0.3, 0.4) is 0 Å². The summed E-state index contributed by atoms with van der Waals surface area (Å²) in [5, 5.41) is 6.12. The third kappa shape index (κ3) is 5.03. The van der Waals surface area contributed by atoms with Gasteiger partial charge in [0.1, 0.15) is 0 Å². The van der Waals surface area contributed by atoms with Crippen molar-refractivity contribution in [1.82, 2.24) is 10.6 Å². The highest BCUT2D eigenvalue weighted by atomic mass is 16.1. The van der Waals surface area contributed by atoms with Gasteiger partial charge in [-0.25, -0.2) is 0 Å². The Kier molecular flexibility index (Phi) is 5.55. The molecule has 2 N–H and O–H groups in total. The molecule has 3 nitrogen and oxygen atoms in total. The fourth-order valence-corrected chi connectivity index (χ4v) is 2.11. The number of rotatable bonds is 6. The molecule has 0 atom stereocenters. The summed E-state index contributed by atoms with van der Waals surface area (Å²) in [5.74, 6) is 0.0513. The van der Waals surface area contributed by atoms with Gasteiger partial charge < -0.3 is 10.6 Å². The average molecular weight is 262 g/mol. The van der Waals surface area contributed by atoms with Crippen molar-refractivity contribution in [2.75, 3.05) is 13.1 Å². The highest BCUT2D eigenvalue weighted by molar-refractivity contribution is 5.78. The van der Waals surface area contributed by atoms with Gasteiger partial charge in [-0.2, -0.15) is 0 Å². The first kappa shape index (κ1) is 15.7. The molecule has 0 saturated carbocycles. The van der Waals surface area contributed by atoms with Crippen molar-refractivity contribution >= 4 is 5.91 Å². The van der Waals surface area contributed by atoms with E-state index in [1.807, 2.05) is 26.0 Å². The largest absolute Gasteiger partial charge is 0.354 e. The minimum absolute atomic E-state index is 0.0513. The molecule has 0 aromatic heterocycles. The first-order chi connectivity index (χ1) is 8.83. The van der Waals surface area contributed by atoms with Gasteiger partial charge in [-0.05, 0) is 18.1 Å². The maximum atomic E-state index is 11.7. The van der Waals surface area contributed by atoms with Gasteiger partial charge in [0.25, 0.3) is 0 Å². The Hall–Kier alpha value is -1.35. The van der Waals surface area contributed by atoms with E-state index < -0.39 is 0 Å². The van der Waals surface area contributed by atoms with E-state index in [0.29, 0.717) is 19.1 Å². The van der Waals surface area contributed by atoms with Crippen LogP contribution in [0.2, 0.25) is 0 Å². The zero-order valence-corrected chi connectivity index (χ0v) is 12.7. The molecule has 0 aliphatic heterocycles. The van der Waals surface area contributed by atoms with Crippen molar-refractivity contribution < 1.29 is 4.79 Å². The predicted molar refractivity (Wildman–Crippen MR) is 80.4 cm³/mol. The van der Waals surface area contributed by atoms with E-state index in [-0.39, 0.29) is 11.3 Å². The van der Waals surface area contributed by atoms with Gasteiger partial charge in [0, 0.05) is 18.0 Å². The maximum absolute atomic E-state index is 11.7. The van der Waals surface area contributed by atoms with Crippen LogP contribution in [0.25, 0.3) is 0 Å². The Morgan fingerprint density at radius 1 is 1.26 bits per heavy atom. The van der Waals surface area contributed by atoms with E-state index in [9.17, 15) is 4.79 Å². The van der Waals surface area contributed by atoms with Crippen molar-refractivity contribution in [3.63, 3.8) is 0 Å². The van der Waals surface area contributed by atoms with Gasteiger partial charge >= 0.3 is 0 Å². The number of benzene rings is 1. The van der Waals surface area contributed by atoms with E-state index in [4.69, 9.17) is 0 Å². The average Bonchev–Trinajstić information content (AvgIpc) is 2.34. The fraction of sp³-hybridized carbons (Fsp3) is 0.562. The monoisotopic (exact) mass is 262 g/mol. The van der Waals surface area contributed by atoms with Crippen LogP contribution in [-0.4, -0.2) is 25.0 Å². The Labute approximate surface area is 116 Å². The number of carbonyl (C=O) groups is 1. The van der Waals surface area contributed by atoms with Gasteiger partial charge in [0.15, 0.2) is 0 Å². The van der Waals surface area contributed by atoms with E-state index in [0.717, 1.165) is 0 Å². The molecule has 0 fully saturated rings. The van der Waals surface area contributed by atoms with Crippen LogP contribution < -0.4 is 10.6 Å². The molecule has 0 aliphatic carbocycles. The Morgan fingerprint density at radius 2 is 1.89 bits per heavy atom. The number of hydrogen-bond donors (Lipinski definition) is 2. The second-order valence-electron chi connectivity index (χ2n) is 6.01. The van der Waals surface area contributed by atoms with Crippen LogP contribution >= 0.6 is 0 Å². The van der Waals surface area contributed by atoms with Gasteiger partial charge in [-0.15, -0.1) is 0 Å². The van der Waals surface area contributed by atoms with Crippen LogP contribution in [0.1, 0.15) is 38.8 Å². The molecule has 0 heterocycles. The van der Waals surface area contributed by atoms with Crippen LogP contribution in [0.5, 0.6) is 0 Å². The van der Waals surface area contributed by atoms with Gasteiger partial charge in [0.2, 0.25) is 5.91 Å². The number of aryl methyl sites for hydroxylation is 1. The normalized spacial score (nSPS) is 11.7. The van der Waals surface area contributed by atoms with Crippen molar-refractivity contribution in [1.29, 1.82) is 0 Å². The number of nitrogens with one attached hydrogen (secondary N) is 2. The lowest BCUT2D eigenvalue weighted by molar-refractivity contribution is -0.120. The predicted octanol–water partition coefficient (Wildman–Crippen LogP) is 2.39. The summed E-state index contributed by atoms with van der Waals surface area (Å²) in [6.45, 7) is 11.5. The number of amides is 1. The third-order valence-corrected chi connectivity index (χ3v) is 3.27. The Bertz CT molecular complexity index is 425. The molecule has 0 aliphatic rings. The summed E-state index contributed by atoms with van der Waals surface area (Å²) in [5.41, 5.74) is 2.49. The minimum Gasteiger partial charge on any atom is -0.354 e. The van der Waals surface area contributed by atoms with E-state index in [2.05, 4.69) is 43.5 Å². The topological polar surface area (TPSA) is 41.1 Å². The minimum atomic E-state index is -0.0567. The lowest BCUT2D eigenvalue weighted by atomic mass is 9.82. The van der Waals surface area contributed by atoms with Crippen LogP contribution in [0.15, 0.2) is 24.3 Å². The number of hydrogen-bond acceptors (Lipinski definition) is 2. The quantitative estimate of drug-likeness (QED) is 0.826. The van der Waals surface area contributed by atoms with Gasteiger partial charge in [-0.3, -0.25) is 4.79 Å². The highest BCUT2D eigenvalue weighted by Gasteiger charge is 2.22. The summed E-state index contributed by atoms with van der Waals surface area (Å²) in [6, 6.07) is 8.66. The molecule has 19 heavy (non-hydrogen) atoms. The molecule has 1 amide bonds. The van der Waals surface area contributed by atoms with E-state index in [1.165, 1.54) is 11.1 Å². The first-order valence-electron chi connectivity index (χ1n) is 6.89. The second-order valence-corrected chi connectivity index (χ2v) is 6.01. The SMILES string of the molecule is Cc1ccccc1C(C)(C)CNC(=O)CNC(C)C. The van der Waals surface area contributed by atoms with Crippen molar-refractivity contribution in [2.45, 2.75) is 46.1 Å². The Morgan fingerprint density at radius 3 is 2.47 bits per heavy atom. The van der Waals surface area contributed by atoms with Crippen LogP contribution in [0.4, 0.5) is 0 Å². The molecule has 1 aromatic carbocycles. The zero-order valence-electron chi connectivity index (χ0n) is 12.7. The molecule has 0 saturated heterocycles. The molecule has 0 radical (unpaired) electrons. The molecular weight excluding hydrogens is 236 g/mol. The van der Waals surface area contributed by atoms with Crippen LogP contribution in [0, 0.1) is 6.92 Å². The zero-order chi connectivity index (χ0) is 14.5. The van der Waals surface area contributed by atoms with Crippen molar-refractivity contribution in [2.24, 2.45) is 0 Å². The summed E-state index contributed by atoms with van der Waals surface area (Å²) in [4.78, 5) is 11.7. The third-order valence-electron chi connectivity index (χ3n) is 3.27. The summed E-state index contributed by atoms with van der Waals surface area (Å²) in [7, 11) is 0. The molecular formula is C16H26N2O. The molecule has 106 valence electrons. The van der Waals surface area contributed by atoms with Crippen molar-refractivity contribution in [3.8, 4) is 0 Å². The Balaban J connectivity index is 2.56. The number of carbonyl (C=O) groups excluding carboxylic acids is 1. The highest BCUT2D eigenvalue weighted by Crippen LogP contribution is 2.25. The standard InChI is InChI=1S/C16H26N2O/c1-12(2)17-10-15(19)18-11-16(4,5)14-9-7-6-8-13(14)3/h6-9,12,17H,10-11H2,1-5H3,(H,18,19). The maximum Gasteiger partial charge on any atom is 0.233 e. The molecule has 0 spiro atoms. The molecule has 0 bridgehead atoms. The molecule has 3 heteroatoms. The lowest BCUT2D eigenvalue weighted by Gasteiger charge is -2.27. The van der Waals surface area contributed by atoms with Crippen molar-refractivity contribution in [3.05, 3.63) is 35.4 Å². The molecule has 1 rings (SSSR count). The first-order valence-corrected chi connectivity index (χ1v) is 6.89. The summed E-state index contributed by atoms with van der Waals surface area (Å²) in [6.07, 6.45) is 0. The second kappa shape index (κ2) is 6.71.